The second-order valence-electron chi connectivity index (χ2n) is 6.97. The third kappa shape index (κ3) is 8.01. The first kappa shape index (κ1) is 24.9. The van der Waals surface area contributed by atoms with Crippen molar-refractivity contribution in [1.82, 2.24) is 15.1 Å². The van der Waals surface area contributed by atoms with Gasteiger partial charge in [0.25, 0.3) is 5.91 Å². The molecule has 1 saturated heterocycles. The van der Waals surface area contributed by atoms with Gasteiger partial charge in [0.15, 0.2) is 18.1 Å². The van der Waals surface area contributed by atoms with E-state index in [1.807, 2.05) is 11.8 Å². The maximum Gasteiger partial charge on any atom is 0.260 e. The summed E-state index contributed by atoms with van der Waals surface area (Å²) in [4.78, 5) is 28.3. The molecule has 0 aromatic heterocycles. The lowest BCUT2D eigenvalue weighted by molar-refractivity contribution is -0.135. The van der Waals surface area contributed by atoms with Gasteiger partial charge in [-0.3, -0.25) is 14.5 Å². The van der Waals surface area contributed by atoms with Crippen LogP contribution in [0.15, 0.2) is 16.6 Å². The van der Waals surface area contributed by atoms with Crippen LogP contribution in [0.2, 0.25) is 0 Å². The van der Waals surface area contributed by atoms with Crippen LogP contribution in [0.5, 0.6) is 11.5 Å². The largest absolute Gasteiger partial charge is 0.490 e. The maximum absolute atomic E-state index is 12.6. The summed E-state index contributed by atoms with van der Waals surface area (Å²) in [7, 11) is 1.63. The van der Waals surface area contributed by atoms with Crippen LogP contribution < -0.4 is 14.8 Å². The van der Waals surface area contributed by atoms with E-state index in [9.17, 15) is 9.59 Å². The number of benzene rings is 1. The van der Waals surface area contributed by atoms with Crippen LogP contribution in [-0.4, -0.2) is 87.8 Å². The highest BCUT2D eigenvalue weighted by Crippen LogP contribution is 2.36. The third-order valence-corrected chi connectivity index (χ3v) is 5.31. The van der Waals surface area contributed by atoms with Crippen molar-refractivity contribution in [2.45, 2.75) is 13.3 Å². The molecule has 1 aliphatic rings. The SMILES string of the molecule is CCOc1cc(C#N)cc(Br)c1OCC(=O)N1CCN(CC(=O)NCCCOC)CC1. The van der Waals surface area contributed by atoms with Gasteiger partial charge in [0.05, 0.1) is 29.3 Å². The molecule has 1 N–H and O–H groups in total. The van der Waals surface area contributed by atoms with Crippen molar-refractivity contribution in [3.05, 3.63) is 22.2 Å². The van der Waals surface area contributed by atoms with Gasteiger partial charge in [0.1, 0.15) is 0 Å². The molecule has 0 atom stereocenters. The summed E-state index contributed by atoms with van der Waals surface area (Å²) in [5, 5.41) is 12.0. The average Bonchev–Trinajstić information content (AvgIpc) is 2.76. The summed E-state index contributed by atoms with van der Waals surface area (Å²) in [5.41, 5.74) is 0.438. The van der Waals surface area contributed by atoms with E-state index >= 15 is 0 Å². The van der Waals surface area contributed by atoms with Gasteiger partial charge in [0, 0.05) is 52.5 Å². The Labute approximate surface area is 191 Å². The summed E-state index contributed by atoms with van der Waals surface area (Å²) in [6.45, 7) is 5.97. The molecule has 170 valence electrons. The lowest BCUT2D eigenvalue weighted by atomic mass is 10.2. The lowest BCUT2D eigenvalue weighted by Gasteiger charge is -2.34. The Bertz CT molecular complexity index is 791. The summed E-state index contributed by atoms with van der Waals surface area (Å²) < 4.78 is 16.8. The van der Waals surface area contributed by atoms with Crippen LogP contribution in [0.3, 0.4) is 0 Å². The fraction of sp³-hybridized carbons (Fsp3) is 0.571. The Morgan fingerprint density at radius 3 is 2.61 bits per heavy atom. The van der Waals surface area contributed by atoms with Crippen molar-refractivity contribution in [1.29, 1.82) is 5.26 Å². The Balaban J connectivity index is 1.80. The number of nitriles is 1. The fourth-order valence-electron chi connectivity index (χ4n) is 3.12. The zero-order valence-electron chi connectivity index (χ0n) is 18.0. The number of ether oxygens (including phenoxy) is 3. The molecular weight excluding hydrogens is 468 g/mol. The molecule has 1 heterocycles. The molecule has 9 nitrogen and oxygen atoms in total. The van der Waals surface area contributed by atoms with Gasteiger partial charge in [-0.15, -0.1) is 0 Å². The Kier molecular flexibility index (Phi) is 10.6. The molecular formula is C21H29BrN4O5. The van der Waals surface area contributed by atoms with Gasteiger partial charge in [-0.25, -0.2) is 0 Å². The van der Waals surface area contributed by atoms with Gasteiger partial charge in [0.2, 0.25) is 5.91 Å². The molecule has 0 bridgehead atoms. The summed E-state index contributed by atoms with van der Waals surface area (Å²) in [6.07, 6.45) is 0.783. The Morgan fingerprint density at radius 2 is 1.97 bits per heavy atom. The first-order valence-corrected chi connectivity index (χ1v) is 11.0. The minimum absolute atomic E-state index is 0.0201. The standard InChI is InChI=1S/C21H29BrN4O5/c1-3-30-18-12-16(13-23)11-17(22)21(18)31-15-20(28)26-8-6-25(7-9-26)14-19(27)24-5-4-10-29-2/h11-12H,3-10,14-15H2,1-2H3,(H,24,27). The van der Waals surface area contributed by atoms with Crippen LogP contribution >= 0.6 is 15.9 Å². The van der Waals surface area contributed by atoms with Gasteiger partial charge >= 0.3 is 0 Å². The molecule has 2 amide bonds. The molecule has 1 aromatic rings. The monoisotopic (exact) mass is 496 g/mol. The maximum atomic E-state index is 12.6. The number of halogens is 1. The minimum atomic E-state index is -0.137. The van der Waals surface area contributed by atoms with E-state index in [0.717, 1.165) is 6.42 Å². The molecule has 0 spiro atoms. The van der Waals surface area contributed by atoms with E-state index in [-0.39, 0.29) is 18.4 Å². The molecule has 1 fully saturated rings. The van der Waals surface area contributed by atoms with E-state index in [4.69, 9.17) is 19.5 Å². The second kappa shape index (κ2) is 13.1. The van der Waals surface area contributed by atoms with Gasteiger partial charge in [-0.05, 0) is 35.3 Å². The molecule has 31 heavy (non-hydrogen) atoms. The highest BCUT2D eigenvalue weighted by atomic mass is 79.9. The van der Waals surface area contributed by atoms with Gasteiger partial charge in [-0.2, -0.15) is 5.26 Å². The number of hydrogen-bond acceptors (Lipinski definition) is 7. The molecule has 10 heteroatoms. The summed E-state index contributed by atoms with van der Waals surface area (Å²) in [5.74, 6) is 0.663. The van der Waals surface area contributed by atoms with Crippen molar-refractivity contribution >= 4 is 27.7 Å². The number of amides is 2. The van der Waals surface area contributed by atoms with Crippen LogP contribution in [0.1, 0.15) is 18.9 Å². The molecule has 0 saturated carbocycles. The number of piperazine rings is 1. The summed E-state index contributed by atoms with van der Waals surface area (Å²) in [6, 6.07) is 5.28. The van der Waals surface area contributed by atoms with Crippen molar-refractivity contribution in [3.63, 3.8) is 0 Å². The predicted molar refractivity (Wildman–Crippen MR) is 118 cm³/mol. The highest BCUT2D eigenvalue weighted by Gasteiger charge is 2.23. The smallest absolute Gasteiger partial charge is 0.260 e. The summed E-state index contributed by atoms with van der Waals surface area (Å²) >= 11 is 3.38. The quantitative estimate of drug-likeness (QED) is 0.461. The number of carbonyl (C=O) groups excluding carboxylic acids is 2. The predicted octanol–water partition coefficient (Wildman–Crippen LogP) is 1.40. The number of hydrogen-bond donors (Lipinski definition) is 1. The van der Waals surface area contributed by atoms with Crippen LogP contribution in [-0.2, 0) is 14.3 Å². The molecule has 2 rings (SSSR count). The molecule has 0 unspecified atom stereocenters. The normalized spacial score (nSPS) is 14.1. The zero-order chi connectivity index (χ0) is 22.6. The molecule has 0 radical (unpaired) electrons. The first-order valence-electron chi connectivity index (χ1n) is 10.2. The second-order valence-corrected chi connectivity index (χ2v) is 7.83. The van der Waals surface area contributed by atoms with Crippen molar-refractivity contribution in [2.75, 3.05) is 66.2 Å². The van der Waals surface area contributed by atoms with E-state index in [2.05, 4.69) is 27.3 Å². The lowest BCUT2D eigenvalue weighted by Crippen LogP contribution is -2.52. The van der Waals surface area contributed by atoms with E-state index < -0.39 is 0 Å². The first-order chi connectivity index (χ1) is 15.0. The molecule has 1 aromatic carbocycles. The van der Waals surface area contributed by atoms with Crippen LogP contribution in [0, 0.1) is 11.3 Å². The topological polar surface area (TPSA) is 104 Å². The van der Waals surface area contributed by atoms with E-state index in [1.54, 1.807) is 24.1 Å². The van der Waals surface area contributed by atoms with Crippen molar-refractivity contribution in [3.8, 4) is 17.6 Å². The van der Waals surface area contributed by atoms with Crippen LogP contribution in [0.4, 0.5) is 0 Å². The highest BCUT2D eigenvalue weighted by molar-refractivity contribution is 9.10. The van der Waals surface area contributed by atoms with Crippen molar-refractivity contribution < 1.29 is 23.8 Å². The van der Waals surface area contributed by atoms with E-state index in [1.165, 1.54) is 0 Å². The number of rotatable bonds is 11. The average molecular weight is 497 g/mol. The van der Waals surface area contributed by atoms with Gasteiger partial charge < -0.3 is 24.4 Å². The Morgan fingerprint density at radius 1 is 1.23 bits per heavy atom. The van der Waals surface area contributed by atoms with E-state index in [0.29, 0.717) is 74.0 Å². The number of nitrogens with one attached hydrogen (secondary N) is 1. The van der Waals surface area contributed by atoms with Crippen LogP contribution in [0.25, 0.3) is 0 Å². The molecule has 1 aliphatic heterocycles. The fourth-order valence-corrected chi connectivity index (χ4v) is 3.68. The Hall–Kier alpha value is -2.35. The van der Waals surface area contributed by atoms with Gasteiger partial charge in [-0.1, -0.05) is 0 Å². The third-order valence-electron chi connectivity index (χ3n) is 4.72. The minimum Gasteiger partial charge on any atom is -0.490 e. The molecule has 0 aliphatic carbocycles. The number of methoxy groups -OCH3 is 1. The number of carbonyl (C=O) groups is 2. The zero-order valence-corrected chi connectivity index (χ0v) is 19.6. The number of nitrogens with zero attached hydrogens (tertiary/aromatic N) is 3. The van der Waals surface area contributed by atoms with Crippen molar-refractivity contribution in [2.24, 2.45) is 0 Å².